The molecule has 5 nitrogen and oxygen atoms in total. The van der Waals surface area contributed by atoms with Crippen LogP contribution in [0.15, 0.2) is 29.2 Å². The van der Waals surface area contributed by atoms with Crippen LogP contribution in [0.4, 0.5) is 5.69 Å². The number of nitrogens with one attached hydrogen (secondary N) is 1. The van der Waals surface area contributed by atoms with E-state index in [0.717, 1.165) is 44.7 Å². The maximum Gasteiger partial charge on any atom is 0.130 e. The van der Waals surface area contributed by atoms with Crippen LogP contribution in [0, 0.1) is 6.92 Å². The van der Waals surface area contributed by atoms with E-state index in [9.17, 15) is 0 Å². The summed E-state index contributed by atoms with van der Waals surface area (Å²) in [5.41, 5.74) is 1.93. The number of ether oxygens (including phenoxy) is 1. The van der Waals surface area contributed by atoms with Crippen molar-refractivity contribution in [3.63, 3.8) is 0 Å². The third kappa shape index (κ3) is 3.16. The maximum absolute atomic E-state index is 8.26. The Bertz CT molecular complexity index is 589. The molecular weight excluding hydrogens is 278 g/mol. The molecule has 0 aromatic heterocycles. The van der Waals surface area contributed by atoms with Crippen molar-refractivity contribution in [2.24, 2.45) is 0 Å². The van der Waals surface area contributed by atoms with Crippen LogP contribution in [-0.2, 0) is 9.37 Å². The highest BCUT2D eigenvalue weighted by Gasteiger charge is 2.12. The minimum absolute atomic E-state index is 0. The Hall–Kier alpha value is -1.47. The molecule has 2 rings (SSSR count). The summed E-state index contributed by atoms with van der Waals surface area (Å²) in [4.78, 5) is 0.812. The van der Waals surface area contributed by atoms with E-state index in [1.54, 1.807) is 7.11 Å². The number of methoxy groups -OCH3 is 1. The number of hydrogen-bond donors (Lipinski definition) is 2. The molecule has 2 aromatic rings. The predicted octanol–water partition coefficient (Wildman–Crippen LogP) is 4.26. The first-order chi connectivity index (χ1) is 9.21. The summed E-state index contributed by atoms with van der Waals surface area (Å²) in [6, 6.07) is 7.97. The molecular formula is C14H19NO4S. The Morgan fingerprint density at radius 2 is 2.00 bits per heavy atom. The van der Waals surface area contributed by atoms with Gasteiger partial charge in [-0.3, -0.25) is 0 Å². The molecule has 0 atom stereocenters. The number of rotatable bonds is 5. The second-order valence-electron chi connectivity index (χ2n) is 3.94. The lowest BCUT2D eigenvalue weighted by atomic mass is 10.1. The van der Waals surface area contributed by atoms with Crippen LogP contribution in [-0.4, -0.2) is 19.4 Å². The summed E-state index contributed by atoms with van der Waals surface area (Å²) in [5.74, 6) is 0.782. The van der Waals surface area contributed by atoms with E-state index in [-0.39, 0.29) is 7.43 Å². The second-order valence-corrected chi connectivity index (χ2v) is 4.69. The zero-order valence-corrected chi connectivity index (χ0v) is 11.7. The monoisotopic (exact) mass is 297 g/mol. The first-order valence-corrected chi connectivity index (χ1v) is 6.39. The summed E-state index contributed by atoms with van der Waals surface area (Å²) in [6.07, 6.45) is 0. The van der Waals surface area contributed by atoms with Gasteiger partial charge in [0.25, 0.3) is 0 Å². The lowest BCUT2D eigenvalue weighted by Gasteiger charge is -2.13. The van der Waals surface area contributed by atoms with E-state index in [2.05, 4.69) is 14.7 Å². The van der Waals surface area contributed by atoms with Crippen LogP contribution in [0.25, 0.3) is 10.8 Å². The van der Waals surface area contributed by atoms with Gasteiger partial charge in [-0.15, -0.1) is 4.33 Å². The number of benzene rings is 2. The molecule has 20 heavy (non-hydrogen) atoms. The molecule has 0 saturated carbocycles. The molecule has 2 N–H and O–H groups in total. The second kappa shape index (κ2) is 7.35. The molecule has 0 radical (unpaired) electrons. The van der Waals surface area contributed by atoms with Crippen LogP contribution in [0.3, 0.4) is 0 Å². The lowest BCUT2D eigenvalue weighted by Crippen LogP contribution is -1.94. The molecule has 0 aliphatic heterocycles. The standard InChI is InChI=1S/C13H15NO4S.CH4/c1-8-12(19-18-17-15)7-9-6-10(14-2)4-5-11(9)13(8)16-3;/h4-7,14-15H,1-3H3;1H4. The smallest absolute Gasteiger partial charge is 0.130 e. The predicted molar refractivity (Wildman–Crippen MR) is 82.2 cm³/mol. The molecule has 110 valence electrons. The molecule has 0 unspecified atom stereocenters. The zero-order chi connectivity index (χ0) is 13.8. The van der Waals surface area contributed by atoms with Crippen molar-refractivity contribution in [1.29, 1.82) is 0 Å². The van der Waals surface area contributed by atoms with Gasteiger partial charge in [-0.25, -0.2) is 5.26 Å². The van der Waals surface area contributed by atoms with Crippen molar-refractivity contribution in [2.45, 2.75) is 19.2 Å². The highest BCUT2D eigenvalue weighted by molar-refractivity contribution is 7.94. The lowest BCUT2D eigenvalue weighted by molar-refractivity contribution is -0.432. The first kappa shape index (κ1) is 16.6. The molecule has 0 aliphatic rings. The van der Waals surface area contributed by atoms with Crippen molar-refractivity contribution in [3.8, 4) is 5.75 Å². The molecule has 0 spiro atoms. The molecule has 0 aliphatic carbocycles. The highest BCUT2D eigenvalue weighted by Crippen LogP contribution is 2.38. The van der Waals surface area contributed by atoms with Crippen LogP contribution < -0.4 is 10.1 Å². The normalized spacial score (nSPS) is 10.2. The molecule has 0 fully saturated rings. The van der Waals surface area contributed by atoms with E-state index in [1.165, 1.54) is 0 Å². The topological polar surface area (TPSA) is 60.0 Å². The van der Waals surface area contributed by atoms with Gasteiger partial charge >= 0.3 is 0 Å². The van der Waals surface area contributed by atoms with Crippen molar-refractivity contribution in [3.05, 3.63) is 29.8 Å². The zero-order valence-electron chi connectivity index (χ0n) is 10.9. The Labute approximate surface area is 122 Å². The molecule has 0 amide bonds. The van der Waals surface area contributed by atoms with E-state index >= 15 is 0 Å². The Morgan fingerprint density at radius 1 is 1.25 bits per heavy atom. The molecule has 0 saturated heterocycles. The van der Waals surface area contributed by atoms with Crippen molar-refractivity contribution < 1.29 is 19.4 Å². The Balaban J connectivity index is 0.00000200. The number of anilines is 1. The number of fused-ring (bicyclic) bond motifs is 1. The summed E-state index contributed by atoms with van der Waals surface area (Å²) >= 11 is 0.932. The van der Waals surface area contributed by atoms with E-state index in [0.29, 0.717) is 0 Å². The molecule has 0 heterocycles. The molecule has 2 aromatic carbocycles. The van der Waals surface area contributed by atoms with Gasteiger partial charge in [0.1, 0.15) is 5.75 Å². The van der Waals surface area contributed by atoms with Gasteiger partial charge in [-0.1, -0.05) is 12.5 Å². The quantitative estimate of drug-likeness (QED) is 0.488. The summed E-state index contributed by atoms with van der Waals surface area (Å²) in [5, 5.41) is 17.0. The van der Waals surface area contributed by atoms with Crippen molar-refractivity contribution in [2.75, 3.05) is 19.5 Å². The third-order valence-electron chi connectivity index (χ3n) is 2.94. The fourth-order valence-electron chi connectivity index (χ4n) is 2.01. The largest absolute Gasteiger partial charge is 0.496 e. The van der Waals surface area contributed by atoms with Gasteiger partial charge in [0.05, 0.1) is 19.2 Å². The maximum atomic E-state index is 8.26. The van der Waals surface area contributed by atoms with Gasteiger partial charge in [0.15, 0.2) is 0 Å². The Kier molecular flexibility index (Phi) is 6.09. The SMILES string of the molecule is C.CNc1ccc2c(OC)c(C)c(SOOO)cc2c1. The van der Waals surface area contributed by atoms with E-state index in [1.807, 2.05) is 38.2 Å². The third-order valence-corrected chi connectivity index (χ3v) is 3.67. The summed E-state index contributed by atoms with van der Waals surface area (Å²) in [7, 11) is 3.50. The van der Waals surface area contributed by atoms with E-state index < -0.39 is 0 Å². The fourth-order valence-corrected chi connectivity index (χ4v) is 2.51. The Morgan fingerprint density at radius 3 is 2.60 bits per heavy atom. The van der Waals surface area contributed by atoms with Crippen LogP contribution in [0.5, 0.6) is 5.75 Å². The van der Waals surface area contributed by atoms with Crippen molar-refractivity contribution >= 4 is 28.5 Å². The fraction of sp³-hybridized carbons (Fsp3) is 0.286. The van der Waals surface area contributed by atoms with Crippen molar-refractivity contribution in [1.82, 2.24) is 0 Å². The minimum atomic E-state index is 0. The summed E-state index contributed by atoms with van der Waals surface area (Å²) < 4.78 is 9.97. The number of hydrogen-bond acceptors (Lipinski definition) is 6. The van der Waals surface area contributed by atoms with Gasteiger partial charge in [0, 0.05) is 28.6 Å². The van der Waals surface area contributed by atoms with Crippen LogP contribution in [0.1, 0.15) is 13.0 Å². The molecule has 6 heteroatoms. The van der Waals surface area contributed by atoms with Crippen LogP contribution in [0.2, 0.25) is 0 Å². The van der Waals surface area contributed by atoms with E-state index in [4.69, 9.17) is 9.99 Å². The van der Waals surface area contributed by atoms with Gasteiger partial charge in [0.2, 0.25) is 0 Å². The molecule has 0 bridgehead atoms. The van der Waals surface area contributed by atoms with Crippen LogP contribution >= 0.6 is 12.0 Å². The van der Waals surface area contributed by atoms with Gasteiger partial charge < -0.3 is 10.1 Å². The van der Waals surface area contributed by atoms with Gasteiger partial charge in [-0.2, -0.15) is 0 Å². The van der Waals surface area contributed by atoms with Gasteiger partial charge in [-0.05, 0) is 36.6 Å². The average molecular weight is 297 g/mol. The average Bonchev–Trinajstić information content (AvgIpc) is 2.44. The summed E-state index contributed by atoms with van der Waals surface area (Å²) in [6.45, 7) is 1.92. The highest BCUT2D eigenvalue weighted by atomic mass is 32.2. The first-order valence-electron chi connectivity index (χ1n) is 5.65. The minimum Gasteiger partial charge on any atom is -0.496 e.